The highest BCUT2D eigenvalue weighted by Crippen LogP contribution is 2.39. The summed E-state index contributed by atoms with van der Waals surface area (Å²) in [4.78, 5) is 7.02. The molecule has 1 aliphatic heterocycles. The lowest BCUT2D eigenvalue weighted by atomic mass is 10.2. The highest BCUT2D eigenvalue weighted by molar-refractivity contribution is 7.93. The van der Waals surface area contributed by atoms with Crippen LogP contribution in [0.3, 0.4) is 0 Å². The van der Waals surface area contributed by atoms with Gasteiger partial charge in [0.05, 0.1) is 10.7 Å². The van der Waals surface area contributed by atoms with Gasteiger partial charge in [-0.05, 0) is 12.1 Å². The molecule has 1 aliphatic rings. The molecule has 3 heterocycles. The zero-order valence-electron chi connectivity index (χ0n) is 12.2. The third kappa shape index (κ3) is 2.53. The Morgan fingerprint density at radius 1 is 1.21 bits per heavy atom. The Balaban J connectivity index is 1.74. The van der Waals surface area contributed by atoms with Gasteiger partial charge in [-0.2, -0.15) is 0 Å². The van der Waals surface area contributed by atoms with Crippen molar-refractivity contribution in [1.82, 2.24) is 9.97 Å². The number of aromatic amines is 1. The zero-order chi connectivity index (χ0) is 16.7. The molecule has 0 aliphatic carbocycles. The summed E-state index contributed by atoms with van der Waals surface area (Å²) in [6.07, 6.45) is 2.98. The van der Waals surface area contributed by atoms with Gasteiger partial charge in [0, 0.05) is 29.9 Å². The molecule has 7 nitrogen and oxygen atoms in total. The summed E-state index contributed by atoms with van der Waals surface area (Å²) < 4.78 is 38.8. The molecule has 2 N–H and O–H groups in total. The lowest BCUT2D eigenvalue weighted by Crippen LogP contribution is -2.17. The number of sulfonamides is 1. The average molecular weight is 366 g/mol. The van der Waals surface area contributed by atoms with E-state index in [-0.39, 0.29) is 15.6 Å². The summed E-state index contributed by atoms with van der Waals surface area (Å²) in [6, 6.07) is 6.40. The Morgan fingerprint density at radius 3 is 2.75 bits per heavy atom. The third-order valence-corrected chi connectivity index (χ3v) is 5.30. The summed E-state index contributed by atoms with van der Waals surface area (Å²) in [6.45, 7) is 0.825. The fraction of sp³-hybridized carbons (Fsp3) is 0.133. The molecule has 0 spiro atoms. The number of hydrogen-bond donors (Lipinski definition) is 2. The molecule has 124 valence electrons. The second-order valence-corrected chi connectivity index (χ2v) is 7.19. The Bertz CT molecular complexity index is 1030. The minimum Gasteiger partial charge on any atom is -0.486 e. The number of halogens is 1. The van der Waals surface area contributed by atoms with Crippen molar-refractivity contribution >= 4 is 38.3 Å². The Hall–Kier alpha value is -2.45. The van der Waals surface area contributed by atoms with Crippen molar-refractivity contribution in [3.63, 3.8) is 0 Å². The van der Waals surface area contributed by atoms with Gasteiger partial charge >= 0.3 is 0 Å². The maximum Gasteiger partial charge on any atom is 0.264 e. The maximum atomic E-state index is 12.7. The van der Waals surface area contributed by atoms with E-state index in [9.17, 15) is 8.42 Å². The Morgan fingerprint density at radius 2 is 1.96 bits per heavy atom. The van der Waals surface area contributed by atoms with Gasteiger partial charge in [-0.3, -0.25) is 4.72 Å². The van der Waals surface area contributed by atoms with Crippen LogP contribution in [0, 0.1) is 0 Å². The quantitative estimate of drug-likeness (QED) is 0.744. The number of H-pyrrole nitrogens is 1. The molecule has 0 amide bonds. The second kappa shape index (κ2) is 5.57. The molecule has 0 saturated heterocycles. The van der Waals surface area contributed by atoms with E-state index in [1.165, 1.54) is 18.3 Å². The van der Waals surface area contributed by atoms with Crippen molar-refractivity contribution < 1.29 is 17.9 Å². The number of aromatic nitrogens is 2. The van der Waals surface area contributed by atoms with Gasteiger partial charge in [-0.15, -0.1) is 0 Å². The predicted molar refractivity (Wildman–Crippen MR) is 89.3 cm³/mol. The van der Waals surface area contributed by atoms with E-state index < -0.39 is 10.0 Å². The summed E-state index contributed by atoms with van der Waals surface area (Å²) in [5.74, 6) is 0.939. The first-order chi connectivity index (χ1) is 11.5. The SMILES string of the molecule is O=S(=O)(Nc1cc2c(cc1Cl)OCCO2)c1c[nH]c2ncccc12. The van der Waals surface area contributed by atoms with E-state index >= 15 is 0 Å². The molecule has 0 radical (unpaired) electrons. The van der Waals surface area contributed by atoms with Gasteiger partial charge in [0.1, 0.15) is 23.8 Å². The van der Waals surface area contributed by atoms with Gasteiger partial charge in [-0.25, -0.2) is 13.4 Å². The van der Waals surface area contributed by atoms with Gasteiger partial charge in [-0.1, -0.05) is 11.6 Å². The first kappa shape index (κ1) is 15.1. The maximum absolute atomic E-state index is 12.7. The number of anilines is 1. The molecule has 2 aromatic heterocycles. The molecule has 0 fully saturated rings. The van der Waals surface area contributed by atoms with E-state index in [1.807, 2.05) is 0 Å². The van der Waals surface area contributed by atoms with Crippen LogP contribution in [-0.4, -0.2) is 31.6 Å². The number of ether oxygens (including phenoxy) is 2. The van der Waals surface area contributed by atoms with Crippen molar-refractivity contribution in [3.05, 3.63) is 41.7 Å². The normalized spacial score (nSPS) is 13.9. The second-order valence-electron chi connectivity index (χ2n) is 5.13. The minimum absolute atomic E-state index is 0.0940. The fourth-order valence-corrected chi connectivity index (χ4v) is 3.99. The van der Waals surface area contributed by atoms with Crippen molar-refractivity contribution in [2.24, 2.45) is 0 Å². The van der Waals surface area contributed by atoms with Crippen LogP contribution in [-0.2, 0) is 10.0 Å². The number of hydrogen-bond acceptors (Lipinski definition) is 5. The van der Waals surface area contributed by atoms with Crippen molar-refractivity contribution in [2.75, 3.05) is 17.9 Å². The third-order valence-electron chi connectivity index (χ3n) is 3.58. The van der Waals surface area contributed by atoms with Crippen LogP contribution in [0.15, 0.2) is 41.6 Å². The lowest BCUT2D eigenvalue weighted by molar-refractivity contribution is 0.171. The molecule has 0 atom stereocenters. The van der Waals surface area contributed by atoms with E-state index in [0.29, 0.717) is 35.7 Å². The Kier molecular flexibility index (Phi) is 3.50. The molecule has 4 rings (SSSR count). The molecule has 0 unspecified atom stereocenters. The molecular weight excluding hydrogens is 354 g/mol. The van der Waals surface area contributed by atoms with Crippen LogP contribution in [0.1, 0.15) is 0 Å². The predicted octanol–water partition coefficient (Wildman–Crippen LogP) is 2.79. The van der Waals surface area contributed by atoms with Crippen LogP contribution < -0.4 is 14.2 Å². The Labute approximate surface area is 142 Å². The molecule has 0 saturated carbocycles. The number of fused-ring (bicyclic) bond motifs is 2. The van der Waals surface area contributed by atoms with Crippen LogP contribution in [0.4, 0.5) is 5.69 Å². The molecule has 9 heteroatoms. The lowest BCUT2D eigenvalue weighted by Gasteiger charge is -2.20. The van der Waals surface area contributed by atoms with E-state index in [2.05, 4.69) is 14.7 Å². The molecule has 24 heavy (non-hydrogen) atoms. The summed E-state index contributed by atoms with van der Waals surface area (Å²) in [5, 5.41) is 0.722. The van der Waals surface area contributed by atoms with Gasteiger partial charge in [0.25, 0.3) is 10.0 Å². The smallest absolute Gasteiger partial charge is 0.264 e. The van der Waals surface area contributed by atoms with Gasteiger partial charge < -0.3 is 14.5 Å². The molecule has 3 aromatic rings. The van der Waals surface area contributed by atoms with Crippen LogP contribution in [0.25, 0.3) is 11.0 Å². The standard InChI is InChI=1S/C15H12ClN3O4S/c16-10-6-12-13(23-5-4-22-12)7-11(10)19-24(20,21)14-8-18-15-9(14)2-1-3-17-15/h1-3,6-8,19H,4-5H2,(H,17,18). The van der Waals surface area contributed by atoms with Crippen molar-refractivity contribution in [2.45, 2.75) is 4.90 Å². The summed E-state index contributed by atoms with van der Waals surface area (Å²) in [5.41, 5.74) is 0.713. The van der Waals surface area contributed by atoms with E-state index in [1.54, 1.807) is 18.3 Å². The largest absolute Gasteiger partial charge is 0.486 e. The van der Waals surface area contributed by atoms with E-state index in [0.717, 1.165) is 0 Å². The number of benzene rings is 1. The molecular formula is C15H12ClN3O4S. The first-order valence-corrected chi connectivity index (χ1v) is 8.95. The molecule has 1 aromatic carbocycles. The zero-order valence-corrected chi connectivity index (χ0v) is 13.8. The average Bonchev–Trinajstić information content (AvgIpc) is 3.00. The number of nitrogens with zero attached hydrogens (tertiary/aromatic N) is 1. The topological polar surface area (TPSA) is 93.3 Å². The van der Waals surface area contributed by atoms with Crippen molar-refractivity contribution in [3.8, 4) is 11.5 Å². The van der Waals surface area contributed by atoms with Crippen LogP contribution in [0.2, 0.25) is 5.02 Å². The van der Waals surface area contributed by atoms with Gasteiger partial charge in [0.2, 0.25) is 0 Å². The number of nitrogens with one attached hydrogen (secondary N) is 2. The highest BCUT2D eigenvalue weighted by atomic mass is 35.5. The van der Waals surface area contributed by atoms with Crippen LogP contribution >= 0.6 is 11.6 Å². The van der Waals surface area contributed by atoms with Crippen LogP contribution in [0.5, 0.6) is 11.5 Å². The number of rotatable bonds is 3. The minimum atomic E-state index is -3.85. The first-order valence-electron chi connectivity index (χ1n) is 7.09. The van der Waals surface area contributed by atoms with E-state index in [4.69, 9.17) is 21.1 Å². The fourth-order valence-electron chi connectivity index (χ4n) is 2.50. The highest BCUT2D eigenvalue weighted by Gasteiger charge is 2.22. The monoisotopic (exact) mass is 365 g/mol. The molecule has 0 bridgehead atoms. The summed E-state index contributed by atoms with van der Waals surface area (Å²) in [7, 11) is -3.85. The summed E-state index contributed by atoms with van der Waals surface area (Å²) >= 11 is 6.16. The van der Waals surface area contributed by atoms with Crippen molar-refractivity contribution in [1.29, 1.82) is 0 Å². The number of pyridine rings is 1. The van der Waals surface area contributed by atoms with Gasteiger partial charge in [0.15, 0.2) is 11.5 Å².